The Bertz CT molecular complexity index is 1070. The summed E-state index contributed by atoms with van der Waals surface area (Å²) >= 11 is 0. The van der Waals surface area contributed by atoms with Gasteiger partial charge in [0.15, 0.2) is 0 Å². The van der Waals surface area contributed by atoms with Crippen molar-refractivity contribution in [2.45, 2.75) is 57.7 Å². The van der Waals surface area contributed by atoms with Gasteiger partial charge < -0.3 is 14.6 Å². The van der Waals surface area contributed by atoms with Crippen LogP contribution in [0.15, 0.2) is 40.8 Å². The van der Waals surface area contributed by atoms with E-state index in [4.69, 9.17) is 24.2 Å². The fraction of sp³-hybridized carbons (Fsp3) is 0.520. The molecule has 1 saturated heterocycles. The van der Waals surface area contributed by atoms with E-state index in [0.717, 1.165) is 31.2 Å². The summed E-state index contributed by atoms with van der Waals surface area (Å²) in [5.74, 6) is -2.07. The first-order chi connectivity index (χ1) is 17.4. The smallest absolute Gasteiger partial charge is 0.475 e. The summed E-state index contributed by atoms with van der Waals surface area (Å²) in [6, 6.07) is 14.4. The third-order valence-electron chi connectivity index (χ3n) is 6.47. The van der Waals surface area contributed by atoms with Crippen molar-refractivity contribution in [1.82, 2.24) is 9.80 Å². The number of aliphatic carboxylic acids is 2. The Morgan fingerprint density at radius 3 is 1.89 bits per heavy atom. The van der Waals surface area contributed by atoms with Gasteiger partial charge in [0.25, 0.3) is 0 Å². The van der Waals surface area contributed by atoms with Crippen LogP contribution in [0.3, 0.4) is 0 Å². The molecule has 0 saturated carbocycles. The first-order valence-corrected chi connectivity index (χ1v) is 11.6. The summed E-state index contributed by atoms with van der Waals surface area (Å²) in [6.45, 7) is 9.85. The fourth-order valence-electron chi connectivity index (χ4n) is 4.67. The van der Waals surface area contributed by atoms with Crippen molar-refractivity contribution in [3.05, 3.63) is 59.0 Å². The average Bonchev–Trinajstić information content (AvgIpc) is 3.46. The summed E-state index contributed by atoms with van der Waals surface area (Å²) < 4.78 is 69.3. The SMILES string of the molecule is Cc1ccc(CN2C[C@H]3[C@@H](C2)c2ccccc2[C@@H]3N(C)C(C)C)o1.O=C(O)C(F)(F)F.O=C(O)C(F)(F)F. The van der Waals surface area contributed by atoms with Crippen molar-refractivity contribution in [2.24, 2.45) is 5.92 Å². The Morgan fingerprint density at radius 1 is 0.974 bits per heavy atom. The van der Waals surface area contributed by atoms with Crippen LogP contribution in [0.4, 0.5) is 26.3 Å². The normalized spacial score (nSPS) is 20.8. The predicted molar refractivity (Wildman–Crippen MR) is 124 cm³/mol. The second-order valence-corrected chi connectivity index (χ2v) is 9.42. The Kier molecular flexibility index (Phi) is 10.0. The summed E-state index contributed by atoms with van der Waals surface area (Å²) in [5, 5.41) is 14.2. The number of carboxylic acids is 2. The van der Waals surface area contributed by atoms with Crippen LogP contribution in [0.5, 0.6) is 0 Å². The molecule has 2 N–H and O–H groups in total. The highest BCUT2D eigenvalue weighted by Crippen LogP contribution is 2.51. The van der Waals surface area contributed by atoms with Crippen LogP contribution >= 0.6 is 0 Å². The maximum atomic E-state index is 10.6. The first-order valence-electron chi connectivity index (χ1n) is 11.6. The van der Waals surface area contributed by atoms with Crippen molar-refractivity contribution in [2.75, 3.05) is 20.1 Å². The number of carboxylic acid groups (broad SMARTS) is 2. The minimum atomic E-state index is -5.08. The lowest BCUT2D eigenvalue weighted by molar-refractivity contribution is -0.193. The molecule has 212 valence electrons. The number of likely N-dealkylation sites (tertiary alicyclic amines) is 1. The zero-order valence-electron chi connectivity index (χ0n) is 21.2. The minimum absolute atomic E-state index is 0.537. The maximum Gasteiger partial charge on any atom is 0.490 e. The topological polar surface area (TPSA) is 94.2 Å². The summed E-state index contributed by atoms with van der Waals surface area (Å²) in [7, 11) is 2.28. The van der Waals surface area contributed by atoms with Gasteiger partial charge in [0.05, 0.1) is 6.54 Å². The van der Waals surface area contributed by atoms with E-state index < -0.39 is 24.3 Å². The summed E-state index contributed by atoms with van der Waals surface area (Å²) in [4.78, 5) is 22.9. The molecule has 13 heteroatoms. The van der Waals surface area contributed by atoms with E-state index in [9.17, 15) is 26.3 Å². The lowest BCUT2D eigenvalue weighted by atomic mass is 9.93. The molecule has 1 fully saturated rings. The summed E-state index contributed by atoms with van der Waals surface area (Å²) in [6.07, 6.45) is -10.2. The van der Waals surface area contributed by atoms with Gasteiger partial charge in [0.2, 0.25) is 0 Å². The molecule has 0 unspecified atom stereocenters. The third-order valence-corrected chi connectivity index (χ3v) is 6.47. The number of hydrogen-bond acceptors (Lipinski definition) is 5. The van der Waals surface area contributed by atoms with Crippen molar-refractivity contribution in [3.63, 3.8) is 0 Å². The molecule has 1 aromatic carbocycles. The Morgan fingerprint density at radius 2 is 1.47 bits per heavy atom. The molecule has 2 heterocycles. The van der Waals surface area contributed by atoms with E-state index in [1.807, 2.05) is 6.92 Å². The van der Waals surface area contributed by atoms with E-state index in [1.54, 1.807) is 11.1 Å². The molecule has 3 atom stereocenters. The van der Waals surface area contributed by atoms with Crippen LogP contribution in [0.25, 0.3) is 0 Å². The number of halogens is 6. The zero-order chi connectivity index (χ0) is 29.0. The molecule has 1 aliphatic heterocycles. The zero-order valence-corrected chi connectivity index (χ0v) is 21.2. The number of alkyl halides is 6. The number of nitrogens with zero attached hydrogens (tertiary/aromatic N) is 2. The number of benzene rings is 1. The molecule has 0 amide bonds. The molecule has 4 rings (SSSR count). The van der Waals surface area contributed by atoms with Crippen LogP contribution in [0, 0.1) is 12.8 Å². The van der Waals surface area contributed by atoms with Gasteiger partial charge in [-0.25, -0.2) is 9.59 Å². The first kappa shape index (κ1) is 31.2. The molecule has 0 spiro atoms. The highest BCUT2D eigenvalue weighted by Gasteiger charge is 2.47. The van der Waals surface area contributed by atoms with E-state index in [-0.39, 0.29) is 0 Å². The number of aryl methyl sites for hydroxylation is 1. The van der Waals surface area contributed by atoms with Crippen molar-refractivity contribution >= 4 is 11.9 Å². The molecule has 1 aliphatic carbocycles. The highest BCUT2D eigenvalue weighted by molar-refractivity contribution is 5.73. The number of furan rings is 1. The Balaban J connectivity index is 0.000000301. The second-order valence-electron chi connectivity index (χ2n) is 9.42. The van der Waals surface area contributed by atoms with Crippen LogP contribution in [0.1, 0.15) is 48.5 Å². The predicted octanol–water partition coefficient (Wildman–Crippen LogP) is 5.47. The maximum absolute atomic E-state index is 10.6. The van der Waals surface area contributed by atoms with Crippen LogP contribution in [-0.2, 0) is 16.1 Å². The van der Waals surface area contributed by atoms with E-state index >= 15 is 0 Å². The molecular weight excluding hydrogens is 522 g/mol. The Hall–Kier alpha value is -3.06. The lowest BCUT2D eigenvalue weighted by Crippen LogP contribution is -2.35. The van der Waals surface area contributed by atoms with Gasteiger partial charge in [-0.1, -0.05) is 24.3 Å². The molecule has 0 radical (unpaired) electrons. The molecule has 2 aromatic rings. The molecule has 7 nitrogen and oxygen atoms in total. The molecule has 38 heavy (non-hydrogen) atoms. The standard InChI is InChI=1S/C21H28N2O.2C2HF3O2/c1-14(2)22(4)21-18-8-6-5-7-17(18)19-12-23(13-20(19)21)11-16-10-9-15(3)24-16;2*3-2(4,5)1(6)7/h5-10,14,19-21H,11-13H2,1-4H3;2*(H,6,7)/t19-,20-,21-;;/m0../s1. The van der Waals surface area contributed by atoms with Crippen molar-refractivity contribution < 1.29 is 50.6 Å². The molecule has 1 aromatic heterocycles. The highest BCUT2D eigenvalue weighted by atomic mass is 19.4. The van der Waals surface area contributed by atoms with Crippen LogP contribution < -0.4 is 0 Å². The monoisotopic (exact) mass is 552 g/mol. The largest absolute Gasteiger partial charge is 0.490 e. The van der Waals surface area contributed by atoms with Gasteiger partial charge >= 0.3 is 24.3 Å². The van der Waals surface area contributed by atoms with Crippen molar-refractivity contribution in [1.29, 1.82) is 0 Å². The number of hydrogen-bond donors (Lipinski definition) is 2. The van der Waals surface area contributed by atoms with Crippen molar-refractivity contribution in [3.8, 4) is 0 Å². The van der Waals surface area contributed by atoms with Gasteiger partial charge in [-0.2, -0.15) is 26.3 Å². The quantitative estimate of drug-likeness (QED) is 0.486. The van der Waals surface area contributed by atoms with Gasteiger partial charge in [0, 0.05) is 31.1 Å². The average molecular weight is 553 g/mol. The third kappa shape index (κ3) is 7.97. The fourth-order valence-corrected chi connectivity index (χ4v) is 4.67. The lowest BCUT2D eigenvalue weighted by Gasteiger charge is -2.33. The summed E-state index contributed by atoms with van der Waals surface area (Å²) in [5.41, 5.74) is 3.12. The molecule has 0 bridgehead atoms. The number of carbonyl (C=O) groups is 2. The molecule has 2 aliphatic rings. The number of rotatable bonds is 4. The molecular formula is C25H30F6N2O5. The van der Waals surface area contributed by atoms with E-state index in [0.29, 0.717) is 23.9 Å². The minimum Gasteiger partial charge on any atom is -0.475 e. The van der Waals surface area contributed by atoms with Crippen LogP contribution in [0.2, 0.25) is 0 Å². The van der Waals surface area contributed by atoms with Gasteiger partial charge in [0.1, 0.15) is 11.5 Å². The van der Waals surface area contributed by atoms with E-state index in [1.165, 1.54) is 0 Å². The van der Waals surface area contributed by atoms with Gasteiger partial charge in [-0.15, -0.1) is 0 Å². The number of fused-ring (bicyclic) bond motifs is 3. The second kappa shape index (κ2) is 12.2. The van der Waals surface area contributed by atoms with Gasteiger partial charge in [-0.05, 0) is 57.0 Å². The van der Waals surface area contributed by atoms with E-state index in [2.05, 4.69) is 67.1 Å². The van der Waals surface area contributed by atoms with Gasteiger partial charge in [-0.3, -0.25) is 9.80 Å². The van der Waals surface area contributed by atoms with Crippen LogP contribution in [-0.4, -0.2) is 70.5 Å². The Labute approximate surface area is 215 Å².